The second-order valence-electron chi connectivity index (χ2n) is 6.13. The quantitative estimate of drug-likeness (QED) is 0.907. The minimum Gasteiger partial charge on any atom is -0.476 e. The highest BCUT2D eigenvalue weighted by molar-refractivity contribution is 5.55. The Balaban J connectivity index is 2.12. The third-order valence-electron chi connectivity index (χ3n) is 3.74. The van der Waals surface area contributed by atoms with E-state index in [9.17, 15) is 0 Å². The molecule has 1 aliphatic heterocycles. The summed E-state index contributed by atoms with van der Waals surface area (Å²) in [5, 5.41) is 0. The van der Waals surface area contributed by atoms with Crippen molar-refractivity contribution in [2.45, 2.75) is 27.7 Å². The SMILES string of the molecule is CC(C)COc1nc(N2CC(C)C(C)C2)ccc1N. The molecule has 2 unspecified atom stereocenters. The maximum Gasteiger partial charge on any atom is 0.239 e. The van der Waals surface area contributed by atoms with Gasteiger partial charge >= 0.3 is 0 Å². The van der Waals surface area contributed by atoms with E-state index in [-0.39, 0.29) is 0 Å². The van der Waals surface area contributed by atoms with Crippen molar-refractivity contribution in [3.8, 4) is 5.88 Å². The van der Waals surface area contributed by atoms with Gasteiger partial charge in [0.05, 0.1) is 12.3 Å². The van der Waals surface area contributed by atoms with E-state index in [1.165, 1.54) is 0 Å². The molecule has 4 nitrogen and oxygen atoms in total. The molecular formula is C15H25N3O. The number of hydrogen-bond donors (Lipinski definition) is 1. The fourth-order valence-corrected chi connectivity index (χ4v) is 2.30. The van der Waals surface area contributed by atoms with Crippen molar-refractivity contribution < 1.29 is 4.74 Å². The molecular weight excluding hydrogens is 238 g/mol. The predicted octanol–water partition coefficient (Wildman–Crippen LogP) is 2.79. The van der Waals surface area contributed by atoms with Crippen LogP contribution in [0.15, 0.2) is 12.1 Å². The molecule has 2 heterocycles. The Bertz CT molecular complexity index is 423. The third-order valence-corrected chi connectivity index (χ3v) is 3.74. The first-order valence-corrected chi connectivity index (χ1v) is 7.11. The van der Waals surface area contributed by atoms with Gasteiger partial charge in [0.25, 0.3) is 0 Å². The maximum atomic E-state index is 5.92. The molecule has 0 radical (unpaired) electrons. The molecule has 0 aliphatic carbocycles. The molecule has 0 amide bonds. The lowest BCUT2D eigenvalue weighted by Gasteiger charge is -2.19. The van der Waals surface area contributed by atoms with Gasteiger partial charge in [0.1, 0.15) is 5.82 Å². The second kappa shape index (κ2) is 5.68. The fourth-order valence-electron chi connectivity index (χ4n) is 2.30. The van der Waals surface area contributed by atoms with Crippen LogP contribution in [0, 0.1) is 17.8 Å². The van der Waals surface area contributed by atoms with Crippen molar-refractivity contribution in [1.82, 2.24) is 4.98 Å². The van der Waals surface area contributed by atoms with Crippen molar-refractivity contribution in [2.24, 2.45) is 17.8 Å². The monoisotopic (exact) mass is 263 g/mol. The van der Waals surface area contributed by atoms with E-state index >= 15 is 0 Å². The molecule has 106 valence electrons. The smallest absolute Gasteiger partial charge is 0.239 e. The first kappa shape index (κ1) is 14.0. The van der Waals surface area contributed by atoms with Crippen LogP contribution in [0.4, 0.5) is 11.5 Å². The van der Waals surface area contributed by atoms with E-state index in [2.05, 4.69) is 37.6 Å². The first-order chi connectivity index (χ1) is 8.97. The Labute approximate surface area is 116 Å². The molecule has 2 N–H and O–H groups in total. The van der Waals surface area contributed by atoms with Crippen LogP contribution in [0.25, 0.3) is 0 Å². The van der Waals surface area contributed by atoms with Gasteiger partial charge in [-0.15, -0.1) is 0 Å². The van der Waals surface area contributed by atoms with Crippen LogP contribution >= 0.6 is 0 Å². The van der Waals surface area contributed by atoms with Gasteiger partial charge in [0, 0.05) is 13.1 Å². The summed E-state index contributed by atoms with van der Waals surface area (Å²) in [6.07, 6.45) is 0. The highest BCUT2D eigenvalue weighted by Gasteiger charge is 2.27. The molecule has 19 heavy (non-hydrogen) atoms. The molecule has 1 fully saturated rings. The van der Waals surface area contributed by atoms with E-state index in [4.69, 9.17) is 10.5 Å². The Hall–Kier alpha value is -1.45. The normalized spacial score (nSPS) is 23.1. The van der Waals surface area contributed by atoms with E-state index in [1.54, 1.807) is 0 Å². The summed E-state index contributed by atoms with van der Waals surface area (Å²) >= 11 is 0. The predicted molar refractivity (Wildman–Crippen MR) is 79.5 cm³/mol. The van der Waals surface area contributed by atoms with Gasteiger partial charge in [0.15, 0.2) is 0 Å². The number of anilines is 2. The van der Waals surface area contributed by atoms with Gasteiger partial charge < -0.3 is 15.4 Å². The Kier molecular flexibility index (Phi) is 4.17. The van der Waals surface area contributed by atoms with Gasteiger partial charge in [-0.1, -0.05) is 27.7 Å². The van der Waals surface area contributed by atoms with E-state index < -0.39 is 0 Å². The van der Waals surface area contributed by atoms with Crippen molar-refractivity contribution >= 4 is 11.5 Å². The summed E-state index contributed by atoms with van der Waals surface area (Å²) in [5.41, 5.74) is 6.54. The van der Waals surface area contributed by atoms with Crippen LogP contribution in [-0.4, -0.2) is 24.7 Å². The number of nitrogens with zero attached hydrogens (tertiary/aromatic N) is 2. The first-order valence-electron chi connectivity index (χ1n) is 7.11. The van der Waals surface area contributed by atoms with Gasteiger partial charge in [0.2, 0.25) is 5.88 Å². The largest absolute Gasteiger partial charge is 0.476 e. The second-order valence-corrected chi connectivity index (χ2v) is 6.13. The highest BCUT2D eigenvalue weighted by Crippen LogP contribution is 2.29. The van der Waals surface area contributed by atoms with Crippen LogP contribution in [0.3, 0.4) is 0 Å². The lowest BCUT2D eigenvalue weighted by atomic mass is 10.0. The molecule has 1 aliphatic rings. The summed E-state index contributed by atoms with van der Waals surface area (Å²) in [6.45, 7) is 11.6. The molecule has 1 aromatic heterocycles. The number of ether oxygens (including phenoxy) is 1. The molecule has 2 atom stereocenters. The number of pyridine rings is 1. The minimum absolute atomic E-state index is 0.469. The summed E-state index contributed by atoms with van der Waals surface area (Å²) in [5.74, 6) is 3.43. The molecule has 1 aromatic rings. The van der Waals surface area contributed by atoms with Gasteiger partial charge in [-0.2, -0.15) is 4.98 Å². The van der Waals surface area contributed by atoms with Crippen molar-refractivity contribution in [1.29, 1.82) is 0 Å². The standard InChI is InChI=1S/C15H25N3O/c1-10(2)9-19-15-13(16)5-6-14(17-15)18-7-11(3)12(4)8-18/h5-6,10-12H,7-9,16H2,1-4H3. The van der Waals surface area contributed by atoms with Gasteiger partial charge in [-0.05, 0) is 29.9 Å². The topological polar surface area (TPSA) is 51.4 Å². The number of rotatable bonds is 4. The molecule has 0 saturated carbocycles. The zero-order valence-electron chi connectivity index (χ0n) is 12.4. The molecule has 0 aromatic carbocycles. The Morgan fingerprint density at radius 3 is 2.53 bits per heavy atom. The number of hydrogen-bond acceptors (Lipinski definition) is 4. The van der Waals surface area contributed by atoms with E-state index in [0.29, 0.717) is 35.9 Å². The number of nitrogen functional groups attached to an aromatic ring is 1. The lowest BCUT2D eigenvalue weighted by molar-refractivity contribution is 0.263. The molecule has 0 spiro atoms. The summed E-state index contributed by atoms with van der Waals surface area (Å²) < 4.78 is 5.69. The van der Waals surface area contributed by atoms with Crippen molar-refractivity contribution in [3.05, 3.63) is 12.1 Å². The van der Waals surface area contributed by atoms with Crippen LogP contribution in [-0.2, 0) is 0 Å². The van der Waals surface area contributed by atoms with Crippen molar-refractivity contribution in [3.63, 3.8) is 0 Å². The van der Waals surface area contributed by atoms with Crippen LogP contribution in [0.2, 0.25) is 0 Å². The average Bonchev–Trinajstić information content (AvgIpc) is 2.68. The van der Waals surface area contributed by atoms with Crippen LogP contribution < -0.4 is 15.4 Å². The number of aromatic nitrogens is 1. The zero-order chi connectivity index (χ0) is 14.0. The third kappa shape index (κ3) is 3.31. The molecule has 2 rings (SSSR count). The summed E-state index contributed by atoms with van der Waals surface area (Å²) in [7, 11) is 0. The number of nitrogens with two attached hydrogens (primary N) is 1. The van der Waals surface area contributed by atoms with E-state index in [1.807, 2.05) is 12.1 Å². The Morgan fingerprint density at radius 2 is 1.95 bits per heavy atom. The molecule has 4 heteroatoms. The summed E-state index contributed by atoms with van der Waals surface area (Å²) in [6, 6.07) is 3.88. The van der Waals surface area contributed by atoms with Crippen molar-refractivity contribution in [2.75, 3.05) is 30.3 Å². The maximum absolute atomic E-state index is 5.92. The average molecular weight is 263 g/mol. The van der Waals surface area contributed by atoms with Gasteiger partial charge in [-0.3, -0.25) is 0 Å². The molecule has 0 bridgehead atoms. The van der Waals surface area contributed by atoms with Crippen LogP contribution in [0.1, 0.15) is 27.7 Å². The van der Waals surface area contributed by atoms with E-state index in [0.717, 1.165) is 18.9 Å². The summed E-state index contributed by atoms with van der Waals surface area (Å²) in [4.78, 5) is 6.89. The Morgan fingerprint density at radius 1 is 1.32 bits per heavy atom. The zero-order valence-corrected chi connectivity index (χ0v) is 12.4. The molecule has 1 saturated heterocycles. The fraction of sp³-hybridized carbons (Fsp3) is 0.667. The highest BCUT2D eigenvalue weighted by atomic mass is 16.5. The van der Waals surface area contributed by atoms with Gasteiger partial charge in [-0.25, -0.2) is 0 Å². The minimum atomic E-state index is 0.469. The lowest BCUT2D eigenvalue weighted by Crippen LogP contribution is -2.21. The van der Waals surface area contributed by atoms with Crippen LogP contribution in [0.5, 0.6) is 5.88 Å².